The zero-order chi connectivity index (χ0) is 23.9. The van der Waals surface area contributed by atoms with E-state index in [9.17, 15) is 4.39 Å². The maximum absolute atomic E-state index is 13.5. The van der Waals surface area contributed by atoms with Gasteiger partial charge in [0.1, 0.15) is 5.82 Å². The van der Waals surface area contributed by atoms with Crippen LogP contribution < -0.4 is 5.73 Å². The average Bonchev–Trinajstić information content (AvgIpc) is 3.45. The van der Waals surface area contributed by atoms with E-state index >= 15 is 0 Å². The quantitative estimate of drug-likeness (QED) is 0.383. The summed E-state index contributed by atoms with van der Waals surface area (Å²) in [5.74, 6) is 0.676. The summed E-state index contributed by atoms with van der Waals surface area (Å²) in [5.41, 5.74) is 13.0. The summed E-state index contributed by atoms with van der Waals surface area (Å²) in [6.45, 7) is 2.62. The second-order valence-electron chi connectivity index (χ2n) is 8.35. The number of nitrogens with two attached hydrogens (primary N) is 1. The zero-order valence-corrected chi connectivity index (χ0v) is 19.1. The number of anilines is 1. The second-order valence-corrected chi connectivity index (χ2v) is 8.35. The fourth-order valence-electron chi connectivity index (χ4n) is 4.46. The van der Waals surface area contributed by atoms with E-state index in [1.54, 1.807) is 16.6 Å². The monoisotopic (exact) mass is 463 g/mol. The lowest BCUT2D eigenvalue weighted by atomic mass is 10.0. The number of hydrogen-bond donors (Lipinski definition) is 1. The molecule has 0 aliphatic carbocycles. The van der Waals surface area contributed by atoms with Crippen LogP contribution in [-0.4, -0.2) is 29.4 Å². The molecule has 0 amide bonds. The van der Waals surface area contributed by atoms with Crippen LogP contribution >= 0.6 is 0 Å². The number of benzene rings is 3. The third-order valence-electron chi connectivity index (χ3n) is 6.17. The summed E-state index contributed by atoms with van der Waals surface area (Å²) >= 11 is 0. The number of imidazole rings is 1. The molecule has 6 aromatic rings. The molecule has 0 aliphatic rings. The number of nitrogens with zero attached hydrogens (tertiary/aromatic N) is 6. The van der Waals surface area contributed by atoms with E-state index < -0.39 is 0 Å². The Kier molecular flexibility index (Phi) is 4.99. The van der Waals surface area contributed by atoms with Gasteiger partial charge in [0.05, 0.1) is 22.3 Å². The van der Waals surface area contributed by atoms with E-state index in [2.05, 4.69) is 26.9 Å². The third kappa shape index (κ3) is 3.50. The van der Waals surface area contributed by atoms with Crippen LogP contribution in [0.25, 0.3) is 39.3 Å². The number of aromatic nitrogens is 6. The fraction of sp³-hybridized carbons (Fsp3) is 0.111. The van der Waals surface area contributed by atoms with Crippen LogP contribution in [0.15, 0.2) is 78.9 Å². The van der Waals surface area contributed by atoms with Gasteiger partial charge in [-0.2, -0.15) is 9.61 Å². The van der Waals surface area contributed by atoms with Crippen molar-refractivity contribution in [3.05, 3.63) is 95.9 Å². The van der Waals surface area contributed by atoms with Crippen LogP contribution in [0.4, 0.5) is 10.2 Å². The smallest absolute Gasteiger partial charge is 0.187 e. The second kappa shape index (κ2) is 8.32. The van der Waals surface area contributed by atoms with Crippen LogP contribution in [0, 0.1) is 5.82 Å². The lowest BCUT2D eigenvalue weighted by molar-refractivity contribution is 0.628. The van der Waals surface area contributed by atoms with Crippen molar-refractivity contribution in [1.82, 2.24) is 29.4 Å². The Morgan fingerprint density at radius 3 is 2.40 bits per heavy atom. The minimum Gasteiger partial charge on any atom is -0.382 e. The Bertz CT molecular complexity index is 1670. The summed E-state index contributed by atoms with van der Waals surface area (Å²) in [6, 6.07) is 24.4. The lowest BCUT2D eigenvalue weighted by Gasteiger charge is -2.11. The molecule has 3 aromatic heterocycles. The van der Waals surface area contributed by atoms with Gasteiger partial charge in [0.15, 0.2) is 23.0 Å². The Balaban J connectivity index is 1.56. The molecule has 0 atom stereocenters. The van der Waals surface area contributed by atoms with Gasteiger partial charge >= 0.3 is 0 Å². The molecule has 0 unspecified atom stereocenters. The van der Waals surface area contributed by atoms with E-state index in [1.807, 2.05) is 49.4 Å². The van der Waals surface area contributed by atoms with Gasteiger partial charge in [0, 0.05) is 6.54 Å². The molecule has 8 heteroatoms. The summed E-state index contributed by atoms with van der Waals surface area (Å²) in [6.07, 6.45) is 0.664. The van der Waals surface area contributed by atoms with Crippen molar-refractivity contribution in [3.63, 3.8) is 0 Å². The molecule has 0 fully saturated rings. The molecule has 35 heavy (non-hydrogen) atoms. The van der Waals surface area contributed by atoms with Crippen LogP contribution in [0.2, 0.25) is 0 Å². The normalized spacial score (nSPS) is 11.5. The summed E-state index contributed by atoms with van der Waals surface area (Å²) in [5, 5.41) is 13.8. The predicted molar refractivity (Wildman–Crippen MR) is 134 cm³/mol. The minimum absolute atomic E-state index is 0.298. The van der Waals surface area contributed by atoms with Gasteiger partial charge < -0.3 is 10.3 Å². The highest BCUT2D eigenvalue weighted by Crippen LogP contribution is 2.33. The number of fused-ring (bicyclic) bond motifs is 2. The minimum atomic E-state index is -0.298. The highest BCUT2D eigenvalue weighted by atomic mass is 19.1. The van der Waals surface area contributed by atoms with Crippen molar-refractivity contribution >= 4 is 22.5 Å². The van der Waals surface area contributed by atoms with Crippen LogP contribution in [0.5, 0.6) is 0 Å². The highest BCUT2D eigenvalue weighted by molar-refractivity contribution is 5.84. The molecule has 6 rings (SSSR count). The van der Waals surface area contributed by atoms with Gasteiger partial charge in [0.25, 0.3) is 0 Å². The van der Waals surface area contributed by atoms with Crippen molar-refractivity contribution < 1.29 is 4.39 Å². The molecule has 3 aromatic carbocycles. The number of para-hydroxylation sites is 2. The summed E-state index contributed by atoms with van der Waals surface area (Å²) in [4.78, 5) is 4.86. The molecule has 7 nitrogen and oxygen atoms in total. The van der Waals surface area contributed by atoms with Gasteiger partial charge in [0.2, 0.25) is 0 Å². The first-order chi connectivity index (χ1) is 17.1. The SMILES string of the molecule is CCc1nn2c(N)c(-c3nc4ccccc4n3Cc3ccccc3)nnc2c1-c1ccc(F)cc1. The summed E-state index contributed by atoms with van der Waals surface area (Å²) in [7, 11) is 0. The maximum atomic E-state index is 13.5. The molecular weight excluding hydrogens is 441 g/mol. The van der Waals surface area contributed by atoms with Crippen LogP contribution in [0.1, 0.15) is 18.2 Å². The lowest BCUT2D eigenvalue weighted by Crippen LogP contribution is -2.10. The molecular formula is C27H22FN7. The molecule has 3 heterocycles. The number of hydrogen-bond acceptors (Lipinski definition) is 5. The van der Waals surface area contributed by atoms with Crippen molar-refractivity contribution in [3.8, 4) is 22.6 Å². The first-order valence-corrected chi connectivity index (χ1v) is 11.4. The third-order valence-corrected chi connectivity index (χ3v) is 6.17. The number of nitrogen functional groups attached to an aromatic ring is 1. The first kappa shape index (κ1) is 21.0. The Morgan fingerprint density at radius 1 is 0.886 bits per heavy atom. The molecule has 0 saturated carbocycles. The molecule has 0 saturated heterocycles. The van der Waals surface area contributed by atoms with Crippen molar-refractivity contribution in [2.75, 3.05) is 5.73 Å². The van der Waals surface area contributed by atoms with Gasteiger partial charge in [-0.3, -0.25) is 0 Å². The molecule has 0 bridgehead atoms. The van der Waals surface area contributed by atoms with Crippen molar-refractivity contribution in [2.45, 2.75) is 19.9 Å². The Labute approximate surface area is 200 Å². The van der Waals surface area contributed by atoms with E-state index in [0.29, 0.717) is 35.9 Å². The van der Waals surface area contributed by atoms with Gasteiger partial charge in [-0.15, -0.1) is 10.2 Å². The Morgan fingerprint density at radius 2 is 1.63 bits per heavy atom. The van der Waals surface area contributed by atoms with Gasteiger partial charge in [-0.05, 0) is 41.8 Å². The van der Waals surface area contributed by atoms with Crippen molar-refractivity contribution in [2.24, 2.45) is 0 Å². The largest absolute Gasteiger partial charge is 0.382 e. The van der Waals surface area contributed by atoms with E-state index in [4.69, 9.17) is 15.8 Å². The van der Waals surface area contributed by atoms with Crippen molar-refractivity contribution in [1.29, 1.82) is 0 Å². The van der Waals surface area contributed by atoms with Crippen LogP contribution in [0.3, 0.4) is 0 Å². The molecule has 0 aliphatic heterocycles. The highest BCUT2D eigenvalue weighted by Gasteiger charge is 2.23. The number of rotatable bonds is 5. The zero-order valence-electron chi connectivity index (χ0n) is 19.1. The van der Waals surface area contributed by atoms with E-state index in [1.165, 1.54) is 12.1 Å². The predicted octanol–water partition coefficient (Wildman–Crippen LogP) is 5.14. The van der Waals surface area contributed by atoms with Gasteiger partial charge in [-0.25, -0.2) is 9.37 Å². The van der Waals surface area contributed by atoms with E-state index in [0.717, 1.165) is 33.4 Å². The standard InChI is InChI=1S/C27H22FN7/c1-2-20-23(18-12-14-19(28)15-13-18)26-32-31-24(25(29)35(26)33-20)27-30-21-10-6-7-11-22(21)34(27)16-17-8-4-3-5-9-17/h3-15H,2,16,29H2,1H3. The molecule has 0 spiro atoms. The molecule has 2 N–H and O–H groups in total. The van der Waals surface area contributed by atoms with Crippen LogP contribution in [-0.2, 0) is 13.0 Å². The molecule has 172 valence electrons. The topological polar surface area (TPSA) is 86.9 Å². The van der Waals surface area contributed by atoms with Gasteiger partial charge in [-0.1, -0.05) is 61.5 Å². The maximum Gasteiger partial charge on any atom is 0.187 e. The average molecular weight is 464 g/mol. The molecule has 0 radical (unpaired) electrons. The Hall–Kier alpha value is -4.59. The number of halogens is 1. The van der Waals surface area contributed by atoms with E-state index in [-0.39, 0.29) is 5.82 Å². The fourth-order valence-corrected chi connectivity index (χ4v) is 4.46. The first-order valence-electron chi connectivity index (χ1n) is 11.4. The number of aryl methyl sites for hydroxylation is 1. The summed E-state index contributed by atoms with van der Waals surface area (Å²) < 4.78 is 17.2.